The van der Waals surface area contributed by atoms with Crippen molar-refractivity contribution in [3.63, 3.8) is 0 Å². The van der Waals surface area contributed by atoms with Crippen molar-refractivity contribution in [3.05, 3.63) is 101 Å². The van der Waals surface area contributed by atoms with Crippen molar-refractivity contribution in [2.75, 3.05) is 0 Å². The Morgan fingerprint density at radius 1 is 0.913 bits per heavy atom. The minimum atomic E-state index is -1.28. The first kappa shape index (κ1) is 15.0. The minimum absolute atomic E-state index is 0.289. The van der Waals surface area contributed by atoms with E-state index in [9.17, 15) is 10.4 Å². The van der Waals surface area contributed by atoms with Gasteiger partial charge < -0.3 is 5.11 Å². The van der Waals surface area contributed by atoms with Crippen LogP contribution in [0.4, 0.5) is 0 Å². The summed E-state index contributed by atoms with van der Waals surface area (Å²) in [5, 5.41) is 20.8. The van der Waals surface area contributed by atoms with Crippen LogP contribution in [-0.2, 0) is 12.0 Å². The molecule has 0 fully saturated rings. The van der Waals surface area contributed by atoms with E-state index >= 15 is 0 Å². The maximum atomic E-state index is 11.5. The molecule has 0 bridgehead atoms. The van der Waals surface area contributed by atoms with Crippen LogP contribution < -0.4 is 0 Å². The van der Waals surface area contributed by atoms with Crippen molar-refractivity contribution in [1.82, 2.24) is 4.98 Å². The fourth-order valence-electron chi connectivity index (χ4n) is 2.72. The fourth-order valence-corrected chi connectivity index (χ4v) is 2.72. The molecule has 0 radical (unpaired) electrons. The molecule has 1 N–H and O–H groups in total. The number of nitriles is 1. The van der Waals surface area contributed by atoms with Gasteiger partial charge in [-0.05, 0) is 29.3 Å². The van der Waals surface area contributed by atoms with E-state index in [-0.39, 0.29) is 6.42 Å². The lowest BCUT2D eigenvalue weighted by atomic mass is 9.83. The van der Waals surface area contributed by atoms with E-state index in [4.69, 9.17) is 0 Å². The zero-order chi connectivity index (χ0) is 16.1. The molecule has 23 heavy (non-hydrogen) atoms. The second-order valence-electron chi connectivity index (χ2n) is 5.39. The monoisotopic (exact) mass is 300 g/mol. The molecular formula is C20H16N2O. The van der Waals surface area contributed by atoms with Crippen LogP contribution in [0.5, 0.6) is 0 Å². The van der Waals surface area contributed by atoms with Crippen molar-refractivity contribution in [3.8, 4) is 6.07 Å². The molecule has 0 aliphatic carbocycles. The van der Waals surface area contributed by atoms with Crippen LogP contribution in [0.3, 0.4) is 0 Å². The topological polar surface area (TPSA) is 56.9 Å². The zero-order valence-electron chi connectivity index (χ0n) is 12.6. The predicted octanol–water partition coefficient (Wildman–Crippen LogP) is 3.43. The molecule has 1 aromatic heterocycles. The summed E-state index contributed by atoms with van der Waals surface area (Å²) in [7, 11) is 0. The number of rotatable bonds is 4. The predicted molar refractivity (Wildman–Crippen MR) is 88.5 cm³/mol. The van der Waals surface area contributed by atoms with Crippen molar-refractivity contribution in [2.45, 2.75) is 12.0 Å². The number of hydrogen-bond donors (Lipinski definition) is 1. The lowest BCUT2D eigenvalue weighted by Crippen LogP contribution is -2.31. The molecule has 3 nitrogen and oxygen atoms in total. The lowest BCUT2D eigenvalue weighted by Gasteiger charge is -2.28. The second kappa shape index (κ2) is 6.43. The van der Waals surface area contributed by atoms with E-state index in [1.165, 1.54) is 0 Å². The summed E-state index contributed by atoms with van der Waals surface area (Å²) in [6.07, 6.45) is 1.96. The highest BCUT2D eigenvalue weighted by atomic mass is 16.3. The first-order valence-corrected chi connectivity index (χ1v) is 7.41. The Balaban J connectivity index is 2.12. The van der Waals surface area contributed by atoms with Crippen molar-refractivity contribution < 1.29 is 5.11 Å². The van der Waals surface area contributed by atoms with Crippen LogP contribution in [0, 0.1) is 11.3 Å². The van der Waals surface area contributed by atoms with Gasteiger partial charge >= 0.3 is 0 Å². The average Bonchev–Trinajstić information content (AvgIpc) is 2.63. The molecule has 0 aliphatic heterocycles. The molecular weight excluding hydrogens is 284 g/mol. The average molecular weight is 300 g/mol. The summed E-state index contributed by atoms with van der Waals surface area (Å²) in [5.41, 5.74) is 1.41. The van der Waals surface area contributed by atoms with Crippen LogP contribution in [0.25, 0.3) is 0 Å². The molecule has 0 amide bonds. The molecule has 1 heterocycles. The molecule has 3 rings (SSSR count). The Hall–Kier alpha value is -2.96. The summed E-state index contributed by atoms with van der Waals surface area (Å²) in [6, 6.07) is 24.4. The number of hydrogen-bond acceptors (Lipinski definition) is 3. The first-order chi connectivity index (χ1) is 11.2. The van der Waals surface area contributed by atoms with Gasteiger partial charge in [-0.2, -0.15) is 5.26 Å². The van der Waals surface area contributed by atoms with Gasteiger partial charge in [0.05, 0.1) is 17.3 Å². The lowest BCUT2D eigenvalue weighted by molar-refractivity contribution is 0.0764. The smallest absolute Gasteiger partial charge is 0.135 e. The van der Waals surface area contributed by atoms with Gasteiger partial charge in [-0.1, -0.05) is 54.6 Å². The SMILES string of the molecule is N#Cc1ccccc1C[C@](O)(c1ccccc1)c1ccccn1. The van der Waals surface area contributed by atoms with Crippen molar-refractivity contribution >= 4 is 0 Å². The van der Waals surface area contributed by atoms with Crippen LogP contribution >= 0.6 is 0 Å². The van der Waals surface area contributed by atoms with Crippen LogP contribution in [-0.4, -0.2) is 10.1 Å². The molecule has 3 aromatic rings. The Kier molecular flexibility index (Phi) is 4.18. The summed E-state index contributed by atoms with van der Waals surface area (Å²) in [5.74, 6) is 0. The number of pyridine rings is 1. The molecule has 2 aromatic carbocycles. The van der Waals surface area contributed by atoms with Gasteiger partial charge in [0.25, 0.3) is 0 Å². The molecule has 1 atom stereocenters. The maximum absolute atomic E-state index is 11.5. The van der Waals surface area contributed by atoms with E-state index < -0.39 is 5.60 Å². The van der Waals surface area contributed by atoms with Crippen molar-refractivity contribution in [2.24, 2.45) is 0 Å². The van der Waals surface area contributed by atoms with Gasteiger partial charge in [0, 0.05) is 12.6 Å². The Labute approximate surface area is 135 Å². The van der Waals surface area contributed by atoms with E-state index in [2.05, 4.69) is 11.1 Å². The second-order valence-corrected chi connectivity index (χ2v) is 5.39. The number of aromatic nitrogens is 1. The highest BCUT2D eigenvalue weighted by Gasteiger charge is 2.33. The Morgan fingerprint density at radius 3 is 2.30 bits per heavy atom. The van der Waals surface area contributed by atoms with Crippen LogP contribution in [0.15, 0.2) is 79.0 Å². The van der Waals surface area contributed by atoms with E-state index in [0.29, 0.717) is 11.3 Å². The number of benzene rings is 2. The fraction of sp³-hybridized carbons (Fsp3) is 0.100. The molecule has 0 aliphatic rings. The van der Waals surface area contributed by atoms with Crippen LogP contribution in [0.2, 0.25) is 0 Å². The Morgan fingerprint density at radius 2 is 1.61 bits per heavy atom. The summed E-state index contributed by atoms with van der Waals surface area (Å²) in [4.78, 5) is 4.35. The number of aliphatic hydroxyl groups is 1. The minimum Gasteiger partial charge on any atom is -0.378 e. The van der Waals surface area contributed by atoms with Gasteiger partial charge in [0.2, 0.25) is 0 Å². The van der Waals surface area contributed by atoms with Gasteiger partial charge in [-0.25, -0.2) is 0 Å². The maximum Gasteiger partial charge on any atom is 0.135 e. The van der Waals surface area contributed by atoms with Crippen molar-refractivity contribution in [1.29, 1.82) is 5.26 Å². The van der Waals surface area contributed by atoms with Crippen LogP contribution in [0.1, 0.15) is 22.4 Å². The van der Waals surface area contributed by atoms with E-state index in [1.807, 2.05) is 66.7 Å². The molecule has 0 saturated heterocycles. The third kappa shape index (κ3) is 2.98. The third-order valence-electron chi connectivity index (χ3n) is 3.92. The molecule has 0 unspecified atom stereocenters. The summed E-state index contributed by atoms with van der Waals surface area (Å²) in [6.45, 7) is 0. The Bertz CT molecular complexity index is 784. The molecule has 0 saturated carbocycles. The van der Waals surface area contributed by atoms with E-state index in [1.54, 1.807) is 12.3 Å². The molecule has 112 valence electrons. The largest absolute Gasteiger partial charge is 0.378 e. The first-order valence-electron chi connectivity index (χ1n) is 7.41. The van der Waals surface area contributed by atoms with E-state index in [0.717, 1.165) is 11.1 Å². The van der Waals surface area contributed by atoms with Gasteiger partial charge in [-0.15, -0.1) is 0 Å². The highest BCUT2D eigenvalue weighted by Crippen LogP contribution is 2.32. The van der Waals surface area contributed by atoms with Gasteiger partial charge in [0.1, 0.15) is 5.60 Å². The van der Waals surface area contributed by atoms with Gasteiger partial charge in [-0.3, -0.25) is 4.98 Å². The summed E-state index contributed by atoms with van der Waals surface area (Å²) >= 11 is 0. The zero-order valence-corrected chi connectivity index (χ0v) is 12.6. The molecule has 0 spiro atoms. The normalized spacial score (nSPS) is 13.0. The number of nitrogens with zero attached hydrogens (tertiary/aromatic N) is 2. The molecule has 3 heteroatoms. The summed E-state index contributed by atoms with van der Waals surface area (Å²) < 4.78 is 0. The quantitative estimate of drug-likeness (QED) is 0.803. The third-order valence-corrected chi connectivity index (χ3v) is 3.92. The van der Waals surface area contributed by atoms with Gasteiger partial charge in [0.15, 0.2) is 0 Å². The highest BCUT2D eigenvalue weighted by molar-refractivity contribution is 5.42. The standard InChI is InChI=1S/C20H16N2O/c21-15-17-9-5-4-8-16(17)14-20(23,18-10-2-1-3-11-18)19-12-6-7-13-22-19/h1-13,23H,14H2/t20-/m0/s1.